The van der Waals surface area contributed by atoms with Crippen molar-refractivity contribution in [3.05, 3.63) is 23.0 Å². The van der Waals surface area contributed by atoms with E-state index < -0.39 is 11.6 Å². The smallest absolute Gasteiger partial charge is 0.410 e. The van der Waals surface area contributed by atoms with E-state index in [1.54, 1.807) is 11.0 Å². The van der Waals surface area contributed by atoms with Gasteiger partial charge in [-0.15, -0.1) is 0 Å². The number of methoxy groups -OCH3 is 1. The van der Waals surface area contributed by atoms with E-state index in [0.29, 0.717) is 29.5 Å². The summed E-state index contributed by atoms with van der Waals surface area (Å²) in [6.45, 7) is 6.75. The fourth-order valence-corrected chi connectivity index (χ4v) is 3.09. The summed E-state index contributed by atoms with van der Waals surface area (Å²) in [6.07, 6.45) is 2.66. The van der Waals surface area contributed by atoms with Crippen molar-refractivity contribution in [3.8, 4) is 0 Å². The highest BCUT2D eigenvalue weighted by atomic mass is 35.5. The number of hydrogen-bond acceptors (Lipinski definition) is 6. The van der Waals surface area contributed by atoms with Crippen LogP contribution in [0.4, 0.5) is 10.5 Å². The number of hydrogen-bond donors (Lipinski definition) is 0. The van der Waals surface area contributed by atoms with Gasteiger partial charge >= 0.3 is 12.1 Å². The second kappa shape index (κ2) is 8.12. The first-order valence-electron chi connectivity index (χ1n) is 8.57. The summed E-state index contributed by atoms with van der Waals surface area (Å²) in [6, 6.07) is 1.82. The molecule has 1 aromatic heterocycles. The maximum atomic E-state index is 12.2. The SMILES string of the molecule is COC(=O)c1cnc(Cl)cc1N(C)C1CCN(C(=O)OC(C)(C)C)CC1. The van der Waals surface area contributed by atoms with Gasteiger partial charge in [-0.1, -0.05) is 11.6 Å². The molecule has 0 radical (unpaired) electrons. The van der Waals surface area contributed by atoms with E-state index in [9.17, 15) is 9.59 Å². The molecule has 1 fully saturated rings. The molecule has 0 saturated carbocycles. The van der Waals surface area contributed by atoms with E-state index in [-0.39, 0.29) is 12.1 Å². The number of piperidine rings is 1. The predicted octanol–water partition coefficient (Wildman–Crippen LogP) is 3.36. The lowest BCUT2D eigenvalue weighted by Gasteiger charge is -2.38. The Morgan fingerprint density at radius 3 is 2.46 bits per heavy atom. The molecule has 2 heterocycles. The molecule has 8 heteroatoms. The molecule has 0 spiro atoms. The van der Waals surface area contributed by atoms with Gasteiger partial charge in [-0.05, 0) is 39.7 Å². The number of carbonyl (C=O) groups excluding carboxylic acids is 2. The minimum absolute atomic E-state index is 0.163. The number of anilines is 1. The molecular formula is C18H26ClN3O4. The Morgan fingerprint density at radius 2 is 1.92 bits per heavy atom. The quantitative estimate of drug-likeness (QED) is 0.588. The number of ether oxygens (including phenoxy) is 2. The van der Waals surface area contributed by atoms with E-state index in [2.05, 4.69) is 4.98 Å². The van der Waals surface area contributed by atoms with E-state index >= 15 is 0 Å². The third-order valence-electron chi connectivity index (χ3n) is 4.30. The molecule has 0 bridgehead atoms. The van der Waals surface area contributed by atoms with Crippen LogP contribution in [0.25, 0.3) is 0 Å². The molecule has 1 amide bonds. The van der Waals surface area contributed by atoms with Crippen molar-refractivity contribution in [3.63, 3.8) is 0 Å². The van der Waals surface area contributed by atoms with Crippen LogP contribution in [-0.2, 0) is 9.47 Å². The van der Waals surface area contributed by atoms with E-state index in [1.165, 1.54) is 13.3 Å². The van der Waals surface area contributed by atoms with Crippen molar-refractivity contribution in [2.75, 3.05) is 32.1 Å². The first kappa shape index (κ1) is 20.3. The van der Waals surface area contributed by atoms with E-state index in [0.717, 1.165) is 12.8 Å². The molecule has 1 aliphatic heterocycles. The maximum absolute atomic E-state index is 12.2. The standard InChI is InChI=1S/C18H26ClN3O4/c1-18(2,3)26-17(24)22-8-6-12(7-9-22)21(4)14-10-15(19)20-11-13(14)16(23)25-5/h10-12H,6-9H2,1-5H3. The zero-order chi connectivity index (χ0) is 19.5. The van der Waals surface area contributed by atoms with E-state index in [4.69, 9.17) is 21.1 Å². The summed E-state index contributed by atoms with van der Waals surface area (Å²) < 4.78 is 10.3. The van der Waals surface area contributed by atoms with Crippen LogP contribution in [0.1, 0.15) is 44.0 Å². The van der Waals surface area contributed by atoms with Gasteiger partial charge < -0.3 is 19.3 Å². The summed E-state index contributed by atoms with van der Waals surface area (Å²) in [4.78, 5) is 31.9. The lowest BCUT2D eigenvalue weighted by molar-refractivity contribution is 0.0205. The Balaban J connectivity index is 2.07. The molecule has 2 rings (SSSR count). The molecular weight excluding hydrogens is 358 g/mol. The average molecular weight is 384 g/mol. The number of likely N-dealkylation sites (tertiary alicyclic amines) is 1. The number of aromatic nitrogens is 1. The van der Waals surface area contributed by atoms with Crippen LogP contribution >= 0.6 is 11.6 Å². The number of amides is 1. The average Bonchev–Trinajstić information content (AvgIpc) is 2.59. The fraction of sp³-hybridized carbons (Fsp3) is 0.611. The Hall–Kier alpha value is -2.02. The molecule has 1 aromatic rings. The Labute approximate surface area is 159 Å². The monoisotopic (exact) mass is 383 g/mol. The van der Waals surface area contributed by atoms with Crippen LogP contribution in [-0.4, -0.2) is 60.8 Å². The highest BCUT2D eigenvalue weighted by Gasteiger charge is 2.30. The number of nitrogens with zero attached hydrogens (tertiary/aromatic N) is 3. The van der Waals surface area contributed by atoms with Gasteiger partial charge in [0.15, 0.2) is 0 Å². The Kier molecular flexibility index (Phi) is 6.34. The van der Waals surface area contributed by atoms with Crippen molar-refractivity contribution in [2.24, 2.45) is 0 Å². The highest BCUT2D eigenvalue weighted by molar-refractivity contribution is 6.29. The number of carbonyl (C=O) groups is 2. The zero-order valence-corrected chi connectivity index (χ0v) is 16.7. The lowest BCUT2D eigenvalue weighted by atomic mass is 10.0. The van der Waals surface area contributed by atoms with Crippen molar-refractivity contribution in [1.82, 2.24) is 9.88 Å². The fourth-order valence-electron chi connectivity index (χ4n) is 2.94. The topological polar surface area (TPSA) is 72.0 Å². The van der Waals surface area contributed by atoms with Crippen LogP contribution < -0.4 is 4.90 Å². The first-order valence-corrected chi connectivity index (χ1v) is 8.95. The van der Waals surface area contributed by atoms with Crippen LogP contribution in [0.2, 0.25) is 5.15 Å². The minimum Gasteiger partial charge on any atom is -0.465 e. The van der Waals surface area contributed by atoms with Gasteiger partial charge in [0.05, 0.1) is 12.8 Å². The van der Waals surface area contributed by atoms with Gasteiger partial charge in [0.25, 0.3) is 0 Å². The first-order chi connectivity index (χ1) is 12.1. The van der Waals surface area contributed by atoms with Crippen LogP contribution in [0.3, 0.4) is 0 Å². The van der Waals surface area contributed by atoms with Gasteiger partial charge in [0.2, 0.25) is 0 Å². The highest BCUT2D eigenvalue weighted by Crippen LogP contribution is 2.28. The van der Waals surface area contributed by atoms with Gasteiger partial charge in [-0.3, -0.25) is 0 Å². The lowest BCUT2D eigenvalue weighted by Crippen LogP contribution is -2.47. The van der Waals surface area contributed by atoms with Crippen molar-refractivity contribution in [1.29, 1.82) is 0 Å². The second-order valence-corrected chi connectivity index (χ2v) is 7.71. The number of halogens is 1. The van der Waals surface area contributed by atoms with Crippen LogP contribution in [0, 0.1) is 0 Å². The molecule has 144 valence electrons. The normalized spacial score (nSPS) is 15.5. The molecule has 0 unspecified atom stereocenters. The zero-order valence-electron chi connectivity index (χ0n) is 15.9. The maximum Gasteiger partial charge on any atom is 0.410 e. The Bertz CT molecular complexity index is 667. The van der Waals surface area contributed by atoms with E-state index in [1.807, 2.05) is 32.7 Å². The van der Waals surface area contributed by atoms with Crippen molar-refractivity contribution >= 4 is 29.4 Å². The molecule has 0 aromatic carbocycles. The summed E-state index contributed by atoms with van der Waals surface area (Å²) in [7, 11) is 3.24. The molecule has 7 nitrogen and oxygen atoms in total. The van der Waals surface area contributed by atoms with Crippen molar-refractivity contribution in [2.45, 2.75) is 45.3 Å². The number of rotatable bonds is 3. The molecule has 1 saturated heterocycles. The van der Waals surface area contributed by atoms with Crippen LogP contribution in [0.15, 0.2) is 12.3 Å². The molecule has 1 aliphatic rings. The summed E-state index contributed by atoms with van der Waals surface area (Å²) >= 11 is 6.01. The molecule has 0 aliphatic carbocycles. The van der Waals surface area contributed by atoms with Crippen molar-refractivity contribution < 1.29 is 19.1 Å². The molecule has 0 atom stereocenters. The van der Waals surface area contributed by atoms with Crippen LogP contribution in [0.5, 0.6) is 0 Å². The summed E-state index contributed by atoms with van der Waals surface area (Å²) in [5.74, 6) is -0.456. The second-order valence-electron chi connectivity index (χ2n) is 7.33. The van der Waals surface area contributed by atoms with Gasteiger partial charge in [0, 0.05) is 32.4 Å². The predicted molar refractivity (Wildman–Crippen MR) is 99.8 cm³/mol. The molecule has 0 N–H and O–H groups in total. The third kappa shape index (κ3) is 5.00. The summed E-state index contributed by atoms with van der Waals surface area (Å²) in [5.41, 5.74) is 0.537. The van der Waals surface area contributed by atoms with Gasteiger partial charge in [0.1, 0.15) is 16.3 Å². The number of esters is 1. The third-order valence-corrected chi connectivity index (χ3v) is 4.50. The van der Waals surface area contributed by atoms with Gasteiger partial charge in [-0.25, -0.2) is 14.6 Å². The van der Waals surface area contributed by atoms with Gasteiger partial charge in [-0.2, -0.15) is 0 Å². The Morgan fingerprint density at radius 1 is 1.31 bits per heavy atom. The minimum atomic E-state index is -0.506. The largest absolute Gasteiger partial charge is 0.465 e. The summed E-state index contributed by atoms with van der Waals surface area (Å²) in [5, 5.41) is 0.311. The molecule has 26 heavy (non-hydrogen) atoms. The number of pyridine rings is 1.